The van der Waals surface area contributed by atoms with Crippen molar-refractivity contribution in [3.63, 3.8) is 0 Å². The number of halogens is 3. The number of alkyl halides is 3. The standard InChI is InChI=1S/C13H10F3N5/c1-8(9-2-3-11(18-5-9)13(14,15)16)21-12-10(6-20-21)4-17-7-19-12/h2-8H,1H3. The normalized spacial score (nSPS) is 13.5. The van der Waals surface area contributed by atoms with E-state index in [-0.39, 0.29) is 6.04 Å². The van der Waals surface area contributed by atoms with Gasteiger partial charge < -0.3 is 0 Å². The van der Waals surface area contributed by atoms with E-state index >= 15 is 0 Å². The Bertz CT molecular complexity index is 763. The molecule has 3 aromatic rings. The summed E-state index contributed by atoms with van der Waals surface area (Å²) >= 11 is 0. The molecule has 0 aliphatic carbocycles. The lowest BCUT2D eigenvalue weighted by molar-refractivity contribution is -0.141. The molecule has 0 saturated heterocycles. The molecular weight excluding hydrogens is 283 g/mol. The summed E-state index contributed by atoms with van der Waals surface area (Å²) in [5, 5.41) is 4.97. The van der Waals surface area contributed by atoms with Crippen molar-refractivity contribution in [2.75, 3.05) is 0 Å². The molecular formula is C13H10F3N5. The highest BCUT2D eigenvalue weighted by Crippen LogP contribution is 2.28. The van der Waals surface area contributed by atoms with E-state index in [1.54, 1.807) is 17.1 Å². The average molecular weight is 293 g/mol. The van der Waals surface area contributed by atoms with Crippen LogP contribution in [-0.2, 0) is 6.18 Å². The van der Waals surface area contributed by atoms with E-state index in [0.29, 0.717) is 11.2 Å². The molecule has 0 aromatic carbocycles. The summed E-state index contributed by atoms with van der Waals surface area (Å²) in [5.41, 5.74) is 0.329. The summed E-state index contributed by atoms with van der Waals surface area (Å²) in [5.74, 6) is 0. The van der Waals surface area contributed by atoms with Crippen molar-refractivity contribution < 1.29 is 13.2 Å². The highest BCUT2D eigenvalue weighted by Gasteiger charge is 2.32. The molecule has 5 nitrogen and oxygen atoms in total. The third-order valence-corrected chi connectivity index (χ3v) is 3.18. The van der Waals surface area contributed by atoms with E-state index in [2.05, 4.69) is 20.1 Å². The summed E-state index contributed by atoms with van der Waals surface area (Å²) in [6.07, 6.45) is 1.42. The van der Waals surface area contributed by atoms with Gasteiger partial charge in [-0.3, -0.25) is 4.98 Å². The third kappa shape index (κ3) is 2.44. The quantitative estimate of drug-likeness (QED) is 0.729. The lowest BCUT2D eigenvalue weighted by atomic mass is 10.1. The lowest BCUT2D eigenvalue weighted by Gasteiger charge is -2.14. The second-order valence-electron chi connectivity index (χ2n) is 4.54. The largest absolute Gasteiger partial charge is 0.433 e. The summed E-state index contributed by atoms with van der Waals surface area (Å²) in [7, 11) is 0. The van der Waals surface area contributed by atoms with Crippen LogP contribution < -0.4 is 0 Å². The summed E-state index contributed by atoms with van der Waals surface area (Å²) < 4.78 is 39.1. The highest BCUT2D eigenvalue weighted by atomic mass is 19.4. The van der Waals surface area contributed by atoms with Gasteiger partial charge in [-0.05, 0) is 18.6 Å². The van der Waals surface area contributed by atoms with Crippen molar-refractivity contribution in [2.24, 2.45) is 0 Å². The smallest absolute Gasteiger partial charge is 0.251 e. The van der Waals surface area contributed by atoms with Crippen molar-refractivity contribution in [3.8, 4) is 0 Å². The first-order chi connectivity index (χ1) is 9.97. The fourth-order valence-electron chi connectivity index (χ4n) is 2.04. The Hall–Kier alpha value is -2.51. The van der Waals surface area contributed by atoms with Crippen LogP contribution >= 0.6 is 0 Å². The molecule has 8 heteroatoms. The second kappa shape index (κ2) is 4.80. The number of hydrogen-bond donors (Lipinski definition) is 0. The summed E-state index contributed by atoms with van der Waals surface area (Å²) in [4.78, 5) is 11.5. The van der Waals surface area contributed by atoms with Crippen LogP contribution in [-0.4, -0.2) is 24.7 Å². The Morgan fingerprint density at radius 3 is 2.57 bits per heavy atom. The lowest BCUT2D eigenvalue weighted by Crippen LogP contribution is -2.12. The maximum atomic E-state index is 12.5. The molecule has 0 N–H and O–H groups in total. The molecule has 21 heavy (non-hydrogen) atoms. The van der Waals surface area contributed by atoms with Gasteiger partial charge in [0.2, 0.25) is 0 Å². The van der Waals surface area contributed by atoms with Crippen LogP contribution in [0.1, 0.15) is 24.2 Å². The van der Waals surface area contributed by atoms with Crippen LogP contribution in [0.25, 0.3) is 11.0 Å². The molecule has 1 atom stereocenters. The van der Waals surface area contributed by atoms with E-state index in [0.717, 1.165) is 11.5 Å². The minimum atomic E-state index is -4.44. The van der Waals surface area contributed by atoms with Crippen molar-refractivity contribution in [3.05, 3.63) is 48.3 Å². The first-order valence-electron chi connectivity index (χ1n) is 6.13. The zero-order valence-corrected chi connectivity index (χ0v) is 10.9. The van der Waals surface area contributed by atoms with Crippen LogP contribution in [0.5, 0.6) is 0 Å². The zero-order valence-electron chi connectivity index (χ0n) is 10.9. The zero-order chi connectivity index (χ0) is 15.0. The number of pyridine rings is 1. The Morgan fingerprint density at radius 2 is 1.90 bits per heavy atom. The molecule has 108 valence electrons. The molecule has 0 aliphatic rings. The highest BCUT2D eigenvalue weighted by molar-refractivity contribution is 5.73. The van der Waals surface area contributed by atoms with Crippen LogP contribution in [0, 0.1) is 0 Å². The maximum Gasteiger partial charge on any atom is 0.433 e. The fraction of sp³-hybridized carbons (Fsp3) is 0.231. The van der Waals surface area contributed by atoms with Crippen molar-refractivity contribution in [1.29, 1.82) is 0 Å². The van der Waals surface area contributed by atoms with Gasteiger partial charge in [0, 0.05) is 12.4 Å². The molecule has 1 unspecified atom stereocenters. The molecule has 0 saturated carbocycles. The van der Waals surface area contributed by atoms with Crippen molar-refractivity contribution in [1.82, 2.24) is 24.7 Å². The van der Waals surface area contributed by atoms with Crippen molar-refractivity contribution in [2.45, 2.75) is 19.1 Å². The minimum absolute atomic E-state index is 0.285. The van der Waals surface area contributed by atoms with Gasteiger partial charge in [-0.15, -0.1) is 0 Å². The van der Waals surface area contributed by atoms with Gasteiger partial charge in [-0.2, -0.15) is 18.3 Å². The molecule has 0 radical (unpaired) electrons. The number of rotatable bonds is 2. The third-order valence-electron chi connectivity index (χ3n) is 3.18. The molecule has 3 aromatic heterocycles. The predicted molar refractivity (Wildman–Crippen MR) is 68.4 cm³/mol. The summed E-state index contributed by atoms with van der Waals surface area (Å²) in [6.45, 7) is 1.82. The van der Waals surface area contributed by atoms with Gasteiger partial charge in [-0.1, -0.05) is 6.07 Å². The van der Waals surface area contributed by atoms with Gasteiger partial charge in [-0.25, -0.2) is 14.6 Å². The molecule has 3 rings (SSSR count). The van der Waals surface area contributed by atoms with E-state index in [4.69, 9.17) is 0 Å². The number of aromatic nitrogens is 5. The van der Waals surface area contributed by atoms with Gasteiger partial charge >= 0.3 is 6.18 Å². The van der Waals surface area contributed by atoms with E-state index in [1.807, 2.05) is 6.92 Å². The first kappa shape index (κ1) is 13.5. The first-order valence-corrected chi connectivity index (χ1v) is 6.13. The molecule has 0 spiro atoms. The SMILES string of the molecule is CC(c1ccc(C(F)(F)F)nc1)n1ncc2cncnc21. The topological polar surface area (TPSA) is 56.5 Å². The van der Waals surface area contributed by atoms with Crippen LogP contribution in [0.4, 0.5) is 13.2 Å². The van der Waals surface area contributed by atoms with Gasteiger partial charge in [0.25, 0.3) is 0 Å². The average Bonchev–Trinajstić information content (AvgIpc) is 2.90. The van der Waals surface area contributed by atoms with E-state index in [1.165, 1.54) is 18.6 Å². The van der Waals surface area contributed by atoms with Gasteiger partial charge in [0.15, 0.2) is 5.65 Å². The fourth-order valence-corrected chi connectivity index (χ4v) is 2.04. The molecule has 3 heterocycles. The molecule has 0 amide bonds. The van der Waals surface area contributed by atoms with Crippen LogP contribution in [0.3, 0.4) is 0 Å². The number of nitrogens with zero attached hydrogens (tertiary/aromatic N) is 5. The summed E-state index contributed by atoms with van der Waals surface area (Å²) in [6, 6.07) is 2.08. The maximum absolute atomic E-state index is 12.5. The molecule has 0 fully saturated rings. The Morgan fingerprint density at radius 1 is 1.10 bits per heavy atom. The number of fused-ring (bicyclic) bond motifs is 1. The van der Waals surface area contributed by atoms with Gasteiger partial charge in [0.1, 0.15) is 12.0 Å². The van der Waals surface area contributed by atoms with Crippen LogP contribution in [0.2, 0.25) is 0 Å². The molecule has 0 aliphatic heterocycles. The minimum Gasteiger partial charge on any atom is -0.251 e. The molecule has 0 bridgehead atoms. The predicted octanol–water partition coefficient (Wildman–Crippen LogP) is 2.85. The Labute approximate surface area is 117 Å². The monoisotopic (exact) mass is 293 g/mol. The van der Waals surface area contributed by atoms with E-state index in [9.17, 15) is 13.2 Å². The van der Waals surface area contributed by atoms with Gasteiger partial charge in [0.05, 0.1) is 17.6 Å². The Kier molecular flexibility index (Phi) is 3.08. The van der Waals surface area contributed by atoms with Crippen LogP contribution in [0.15, 0.2) is 37.1 Å². The van der Waals surface area contributed by atoms with Crippen molar-refractivity contribution >= 4 is 11.0 Å². The second-order valence-corrected chi connectivity index (χ2v) is 4.54. The Balaban J connectivity index is 1.97. The number of hydrogen-bond acceptors (Lipinski definition) is 4. The van der Waals surface area contributed by atoms with E-state index < -0.39 is 11.9 Å².